The zero-order valence-electron chi connectivity index (χ0n) is 12.1. The van der Waals surface area contributed by atoms with Crippen molar-refractivity contribution in [2.75, 3.05) is 7.11 Å². The average molecular weight is 268 g/mol. The molecule has 1 aromatic carbocycles. The number of benzene rings is 1. The van der Waals surface area contributed by atoms with Crippen molar-refractivity contribution in [2.24, 2.45) is 5.92 Å². The molecule has 0 aliphatic rings. The lowest BCUT2D eigenvalue weighted by Crippen LogP contribution is -2.28. The molecule has 0 aromatic heterocycles. The van der Waals surface area contributed by atoms with Crippen molar-refractivity contribution in [1.29, 1.82) is 0 Å². The molecular weight excluding hydrogens is 247 g/mol. The molecule has 0 aliphatic heterocycles. The topological polar surface area (TPSA) is 35.5 Å². The van der Waals surface area contributed by atoms with E-state index >= 15 is 0 Å². The predicted molar refractivity (Wildman–Crippen MR) is 71.7 cm³/mol. The third-order valence-electron chi connectivity index (χ3n) is 2.60. The van der Waals surface area contributed by atoms with Crippen LogP contribution in [0.1, 0.15) is 33.3 Å². The van der Waals surface area contributed by atoms with E-state index in [-0.39, 0.29) is 17.7 Å². The molecular formula is C15H21FO3. The first-order chi connectivity index (χ1) is 8.73. The highest BCUT2D eigenvalue weighted by molar-refractivity contribution is 5.72. The van der Waals surface area contributed by atoms with Gasteiger partial charge in [0.2, 0.25) is 0 Å². The maximum absolute atomic E-state index is 13.8. The van der Waals surface area contributed by atoms with E-state index in [4.69, 9.17) is 9.47 Å². The number of hydrogen-bond donors (Lipinski definition) is 0. The fourth-order valence-electron chi connectivity index (χ4n) is 1.64. The van der Waals surface area contributed by atoms with Crippen LogP contribution >= 0.6 is 0 Å². The van der Waals surface area contributed by atoms with Crippen molar-refractivity contribution in [1.82, 2.24) is 0 Å². The summed E-state index contributed by atoms with van der Waals surface area (Å²) in [4.78, 5) is 11.8. The molecule has 3 nitrogen and oxygen atoms in total. The van der Waals surface area contributed by atoms with Gasteiger partial charge in [0.1, 0.15) is 17.2 Å². The van der Waals surface area contributed by atoms with Gasteiger partial charge in [0.05, 0.1) is 13.0 Å². The summed E-state index contributed by atoms with van der Waals surface area (Å²) in [6.45, 7) is 7.17. The van der Waals surface area contributed by atoms with Crippen LogP contribution in [0.3, 0.4) is 0 Å². The number of hydrogen-bond acceptors (Lipinski definition) is 3. The van der Waals surface area contributed by atoms with Crippen LogP contribution in [0.4, 0.5) is 4.39 Å². The summed E-state index contributed by atoms with van der Waals surface area (Å²) in [5.74, 6) is -0.606. The van der Waals surface area contributed by atoms with E-state index in [1.54, 1.807) is 19.1 Å². The molecule has 0 fully saturated rings. The van der Waals surface area contributed by atoms with Gasteiger partial charge in [-0.1, -0.05) is 13.0 Å². The molecule has 0 radical (unpaired) electrons. The second kappa shape index (κ2) is 6.04. The summed E-state index contributed by atoms with van der Waals surface area (Å²) >= 11 is 0. The van der Waals surface area contributed by atoms with Crippen molar-refractivity contribution in [3.8, 4) is 5.75 Å². The Morgan fingerprint density at radius 3 is 2.47 bits per heavy atom. The molecule has 0 spiro atoms. The third kappa shape index (κ3) is 4.89. The molecule has 0 heterocycles. The molecule has 0 N–H and O–H groups in total. The van der Waals surface area contributed by atoms with Crippen LogP contribution in [0.25, 0.3) is 0 Å². The quantitative estimate of drug-likeness (QED) is 0.785. The zero-order valence-corrected chi connectivity index (χ0v) is 12.1. The predicted octanol–water partition coefficient (Wildman–Crippen LogP) is 3.35. The van der Waals surface area contributed by atoms with E-state index < -0.39 is 5.60 Å². The van der Waals surface area contributed by atoms with Crippen LogP contribution < -0.4 is 4.74 Å². The van der Waals surface area contributed by atoms with Crippen LogP contribution in [0.2, 0.25) is 0 Å². The van der Waals surface area contributed by atoms with Crippen molar-refractivity contribution < 1.29 is 18.7 Å². The number of carbonyl (C=O) groups excluding carboxylic acids is 1. The minimum absolute atomic E-state index is 0.310. The largest absolute Gasteiger partial charge is 0.497 e. The van der Waals surface area contributed by atoms with Crippen LogP contribution in [0.15, 0.2) is 18.2 Å². The Bertz CT molecular complexity index is 449. The number of methoxy groups -OCH3 is 1. The Kier molecular flexibility index (Phi) is 4.92. The maximum Gasteiger partial charge on any atom is 0.309 e. The molecule has 19 heavy (non-hydrogen) atoms. The van der Waals surface area contributed by atoms with Gasteiger partial charge in [0.15, 0.2) is 0 Å². The van der Waals surface area contributed by atoms with Gasteiger partial charge in [-0.05, 0) is 38.8 Å². The van der Waals surface area contributed by atoms with Gasteiger partial charge in [-0.15, -0.1) is 0 Å². The lowest BCUT2D eigenvalue weighted by atomic mass is 10.0. The number of rotatable bonds is 4. The Balaban J connectivity index is 2.71. The highest BCUT2D eigenvalue weighted by Crippen LogP contribution is 2.20. The molecule has 0 saturated carbocycles. The van der Waals surface area contributed by atoms with Crippen LogP contribution in [0.5, 0.6) is 5.75 Å². The van der Waals surface area contributed by atoms with Gasteiger partial charge in [0, 0.05) is 6.07 Å². The SMILES string of the molecule is COc1ccc(CC(C)C(=O)OC(C)(C)C)c(F)c1. The summed E-state index contributed by atoms with van der Waals surface area (Å²) in [6.07, 6.45) is 0.310. The summed E-state index contributed by atoms with van der Waals surface area (Å²) in [7, 11) is 1.48. The van der Waals surface area contributed by atoms with Crippen LogP contribution in [0, 0.1) is 11.7 Å². The van der Waals surface area contributed by atoms with E-state index in [2.05, 4.69) is 0 Å². The molecule has 0 aliphatic carbocycles. The van der Waals surface area contributed by atoms with E-state index in [0.29, 0.717) is 17.7 Å². The number of ether oxygens (including phenoxy) is 2. The number of esters is 1. The van der Waals surface area contributed by atoms with Gasteiger partial charge < -0.3 is 9.47 Å². The molecule has 4 heteroatoms. The first-order valence-electron chi connectivity index (χ1n) is 6.28. The monoisotopic (exact) mass is 268 g/mol. The molecule has 1 aromatic rings. The summed E-state index contributed by atoms with van der Waals surface area (Å²) in [5, 5.41) is 0. The minimum Gasteiger partial charge on any atom is -0.497 e. The van der Waals surface area contributed by atoms with Crippen molar-refractivity contribution in [3.63, 3.8) is 0 Å². The van der Waals surface area contributed by atoms with Gasteiger partial charge in [0.25, 0.3) is 0 Å². The molecule has 106 valence electrons. The molecule has 1 rings (SSSR count). The van der Waals surface area contributed by atoms with E-state index in [1.807, 2.05) is 20.8 Å². The smallest absolute Gasteiger partial charge is 0.309 e. The summed E-state index contributed by atoms with van der Waals surface area (Å²) in [5.41, 5.74) is -0.0387. The Morgan fingerprint density at radius 2 is 2.00 bits per heavy atom. The molecule has 0 bridgehead atoms. The highest BCUT2D eigenvalue weighted by Gasteiger charge is 2.22. The van der Waals surface area contributed by atoms with Crippen LogP contribution in [-0.4, -0.2) is 18.7 Å². The molecule has 1 unspecified atom stereocenters. The third-order valence-corrected chi connectivity index (χ3v) is 2.60. The van der Waals surface area contributed by atoms with Crippen molar-refractivity contribution in [2.45, 2.75) is 39.7 Å². The van der Waals surface area contributed by atoms with Crippen molar-refractivity contribution in [3.05, 3.63) is 29.6 Å². The Hall–Kier alpha value is -1.58. The standard InChI is InChI=1S/C15H21FO3/c1-10(14(17)19-15(2,3)4)8-11-6-7-12(18-5)9-13(11)16/h6-7,9-10H,8H2,1-5H3. The Morgan fingerprint density at radius 1 is 1.37 bits per heavy atom. The second-order valence-electron chi connectivity index (χ2n) is 5.60. The summed E-state index contributed by atoms with van der Waals surface area (Å²) < 4.78 is 24.0. The van der Waals surface area contributed by atoms with Crippen LogP contribution in [-0.2, 0) is 16.0 Å². The molecule has 0 saturated heterocycles. The number of halogens is 1. The second-order valence-corrected chi connectivity index (χ2v) is 5.60. The van der Waals surface area contributed by atoms with Gasteiger partial charge >= 0.3 is 5.97 Å². The lowest BCUT2D eigenvalue weighted by molar-refractivity contribution is -0.159. The molecule has 0 amide bonds. The van der Waals surface area contributed by atoms with E-state index in [1.165, 1.54) is 13.2 Å². The lowest BCUT2D eigenvalue weighted by Gasteiger charge is -2.22. The molecule has 1 atom stereocenters. The minimum atomic E-state index is -0.524. The van der Waals surface area contributed by atoms with Gasteiger partial charge in [-0.25, -0.2) is 4.39 Å². The first-order valence-corrected chi connectivity index (χ1v) is 6.28. The average Bonchev–Trinajstić information content (AvgIpc) is 2.29. The first kappa shape index (κ1) is 15.5. The number of carbonyl (C=O) groups is 1. The fraction of sp³-hybridized carbons (Fsp3) is 0.533. The maximum atomic E-state index is 13.8. The van der Waals surface area contributed by atoms with Gasteiger partial charge in [-0.3, -0.25) is 4.79 Å². The zero-order chi connectivity index (χ0) is 14.6. The summed E-state index contributed by atoms with van der Waals surface area (Å²) in [6, 6.07) is 4.63. The highest BCUT2D eigenvalue weighted by atomic mass is 19.1. The Labute approximate surface area is 113 Å². The van der Waals surface area contributed by atoms with Gasteiger partial charge in [-0.2, -0.15) is 0 Å². The normalized spacial score (nSPS) is 12.9. The fourth-order valence-corrected chi connectivity index (χ4v) is 1.64. The van der Waals surface area contributed by atoms with E-state index in [0.717, 1.165) is 0 Å². The van der Waals surface area contributed by atoms with E-state index in [9.17, 15) is 9.18 Å². The van der Waals surface area contributed by atoms with Crippen molar-refractivity contribution >= 4 is 5.97 Å².